The van der Waals surface area contributed by atoms with Gasteiger partial charge in [0.2, 0.25) is 0 Å². The summed E-state index contributed by atoms with van der Waals surface area (Å²) in [7, 11) is 1.38. The Hall–Kier alpha value is -1.45. The molecule has 16 heavy (non-hydrogen) atoms. The molecule has 90 valence electrons. The highest BCUT2D eigenvalue weighted by Crippen LogP contribution is 2.14. The number of nitrogens with two attached hydrogens (primary N) is 1. The summed E-state index contributed by atoms with van der Waals surface area (Å²) in [5, 5.41) is 0. The standard InChI is InChI=1S/C12H20N2O2/c1-9(2)5-4-6-14-8-10(13)7-11(14)12(15)16-3/h7-9H,4-6,13H2,1-3H3. The SMILES string of the molecule is COC(=O)c1cc(N)cn1CCCC(C)C. The molecule has 4 nitrogen and oxygen atoms in total. The molecule has 1 aromatic heterocycles. The first-order valence-electron chi connectivity index (χ1n) is 5.58. The van der Waals surface area contributed by atoms with Crippen LogP contribution in [0, 0.1) is 5.92 Å². The number of carbonyl (C=O) groups is 1. The van der Waals surface area contributed by atoms with Gasteiger partial charge < -0.3 is 15.0 Å². The second-order valence-electron chi connectivity index (χ2n) is 4.38. The molecule has 0 unspecified atom stereocenters. The van der Waals surface area contributed by atoms with Crippen LogP contribution in [0.2, 0.25) is 0 Å². The summed E-state index contributed by atoms with van der Waals surface area (Å²) in [5.74, 6) is 0.343. The fraction of sp³-hybridized carbons (Fsp3) is 0.583. The number of aromatic nitrogens is 1. The minimum Gasteiger partial charge on any atom is -0.464 e. The third-order valence-electron chi connectivity index (χ3n) is 2.49. The van der Waals surface area contributed by atoms with Crippen LogP contribution in [0.25, 0.3) is 0 Å². The maximum atomic E-state index is 11.4. The van der Waals surface area contributed by atoms with Crippen LogP contribution >= 0.6 is 0 Å². The summed E-state index contributed by atoms with van der Waals surface area (Å²) < 4.78 is 6.57. The minimum absolute atomic E-state index is 0.332. The molecular weight excluding hydrogens is 204 g/mol. The van der Waals surface area contributed by atoms with Crippen molar-refractivity contribution in [3.63, 3.8) is 0 Å². The van der Waals surface area contributed by atoms with Crippen LogP contribution in [0.4, 0.5) is 5.69 Å². The van der Waals surface area contributed by atoms with Crippen molar-refractivity contribution in [1.82, 2.24) is 4.57 Å². The van der Waals surface area contributed by atoms with Gasteiger partial charge in [0.15, 0.2) is 0 Å². The molecule has 2 N–H and O–H groups in total. The van der Waals surface area contributed by atoms with Crippen LogP contribution in [0.1, 0.15) is 37.2 Å². The van der Waals surface area contributed by atoms with Crippen molar-refractivity contribution in [2.24, 2.45) is 5.92 Å². The van der Waals surface area contributed by atoms with E-state index >= 15 is 0 Å². The summed E-state index contributed by atoms with van der Waals surface area (Å²) in [5.41, 5.74) is 6.81. The number of nitrogen functional groups attached to an aromatic ring is 1. The highest BCUT2D eigenvalue weighted by Gasteiger charge is 2.12. The lowest BCUT2D eigenvalue weighted by atomic mass is 10.1. The Morgan fingerprint density at radius 2 is 2.25 bits per heavy atom. The van der Waals surface area contributed by atoms with Gasteiger partial charge in [0, 0.05) is 12.7 Å². The molecule has 1 aromatic rings. The number of nitrogens with zero attached hydrogens (tertiary/aromatic N) is 1. The van der Waals surface area contributed by atoms with Crippen molar-refractivity contribution in [2.45, 2.75) is 33.2 Å². The van der Waals surface area contributed by atoms with Gasteiger partial charge in [-0.3, -0.25) is 0 Å². The van der Waals surface area contributed by atoms with E-state index in [1.165, 1.54) is 7.11 Å². The van der Waals surface area contributed by atoms with Crippen LogP contribution < -0.4 is 5.73 Å². The fourth-order valence-electron chi connectivity index (χ4n) is 1.66. The summed E-state index contributed by atoms with van der Waals surface area (Å²) >= 11 is 0. The predicted octanol–water partition coefficient (Wildman–Crippen LogP) is 2.29. The molecule has 0 radical (unpaired) electrons. The van der Waals surface area contributed by atoms with Crippen molar-refractivity contribution in [3.8, 4) is 0 Å². The first kappa shape index (κ1) is 12.6. The van der Waals surface area contributed by atoms with E-state index in [1.54, 1.807) is 12.3 Å². The van der Waals surface area contributed by atoms with E-state index in [1.807, 2.05) is 4.57 Å². The Kier molecular flexibility index (Phi) is 4.40. The Balaban J connectivity index is 2.67. The molecule has 0 amide bonds. The monoisotopic (exact) mass is 224 g/mol. The summed E-state index contributed by atoms with van der Waals surface area (Å²) in [6, 6.07) is 1.65. The van der Waals surface area contributed by atoms with Crippen molar-refractivity contribution in [3.05, 3.63) is 18.0 Å². The van der Waals surface area contributed by atoms with Crippen molar-refractivity contribution < 1.29 is 9.53 Å². The van der Waals surface area contributed by atoms with Gasteiger partial charge in [-0.2, -0.15) is 0 Å². The van der Waals surface area contributed by atoms with Gasteiger partial charge in [-0.25, -0.2) is 4.79 Å². The maximum absolute atomic E-state index is 11.4. The quantitative estimate of drug-likeness (QED) is 0.781. The predicted molar refractivity (Wildman–Crippen MR) is 64.3 cm³/mol. The highest BCUT2D eigenvalue weighted by atomic mass is 16.5. The van der Waals surface area contributed by atoms with Gasteiger partial charge in [0.05, 0.1) is 12.8 Å². The lowest BCUT2D eigenvalue weighted by Crippen LogP contribution is -2.10. The number of aryl methyl sites for hydroxylation is 1. The maximum Gasteiger partial charge on any atom is 0.354 e. The van der Waals surface area contributed by atoms with Gasteiger partial charge in [0.25, 0.3) is 0 Å². The van der Waals surface area contributed by atoms with Crippen LogP contribution in [-0.2, 0) is 11.3 Å². The Morgan fingerprint density at radius 3 is 2.81 bits per heavy atom. The Morgan fingerprint density at radius 1 is 1.56 bits per heavy atom. The number of ether oxygens (including phenoxy) is 1. The van der Waals surface area contributed by atoms with Crippen LogP contribution in [0.3, 0.4) is 0 Å². The molecule has 0 atom stereocenters. The number of hydrogen-bond acceptors (Lipinski definition) is 3. The van der Waals surface area contributed by atoms with Gasteiger partial charge in [-0.1, -0.05) is 13.8 Å². The number of methoxy groups -OCH3 is 1. The highest BCUT2D eigenvalue weighted by molar-refractivity contribution is 5.88. The molecule has 0 saturated carbocycles. The number of esters is 1. The van der Waals surface area contributed by atoms with Gasteiger partial charge in [-0.15, -0.1) is 0 Å². The van der Waals surface area contributed by atoms with E-state index in [9.17, 15) is 4.79 Å². The van der Waals surface area contributed by atoms with Crippen molar-refractivity contribution >= 4 is 11.7 Å². The molecule has 0 fully saturated rings. The number of hydrogen-bond donors (Lipinski definition) is 1. The Bertz CT molecular complexity index is 356. The number of carbonyl (C=O) groups excluding carboxylic acids is 1. The third-order valence-corrected chi connectivity index (χ3v) is 2.49. The van der Waals surface area contributed by atoms with Gasteiger partial charge >= 0.3 is 5.97 Å². The lowest BCUT2D eigenvalue weighted by Gasteiger charge is -2.08. The van der Waals surface area contributed by atoms with Gasteiger partial charge in [0.1, 0.15) is 5.69 Å². The molecule has 0 aliphatic heterocycles. The van der Waals surface area contributed by atoms with E-state index in [0.717, 1.165) is 19.4 Å². The fourth-order valence-corrected chi connectivity index (χ4v) is 1.66. The van der Waals surface area contributed by atoms with Crippen molar-refractivity contribution in [2.75, 3.05) is 12.8 Å². The zero-order valence-electron chi connectivity index (χ0n) is 10.2. The number of rotatable bonds is 5. The van der Waals surface area contributed by atoms with E-state index in [4.69, 9.17) is 10.5 Å². The van der Waals surface area contributed by atoms with E-state index in [2.05, 4.69) is 13.8 Å². The molecule has 1 rings (SSSR count). The van der Waals surface area contributed by atoms with Crippen LogP contribution in [-0.4, -0.2) is 17.6 Å². The zero-order valence-corrected chi connectivity index (χ0v) is 10.2. The minimum atomic E-state index is -0.332. The summed E-state index contributed by atoms with van der Waals surface area (Å²) in [6.45, 7) is 5.18. The van der Waals surface area contributed by atoms with E-state index in [0.29, 0.717) is 17.3 Å². The summed E-state index contributed by atoms with van der Waals surface area (Å²) in [6.07, 6.45) is 3.96. The second kappa shape index (κ2) is 5.58. The molecule has 0 saturated heterocycles. The average Bonchev–Trinajstić information content (AvgIpc) is 2.58. The molecule has 1 heterocycles. The third kappa shape index (κ3) is 3.29. The molecular formula is C12H20N2O2. The topological polar surface area (TPSA) is 57.2 Å². The molecule has 0 bridgehead atoms. The average molecular weight is 224 g/mol. The molecule has 0 aromatic carbocycles. The Labute approximate surface area is 96.4 Å². The first-order valence-corrected chi connectivity index (χ1v) is 5.58. The molecule has 0 spiro atoms. The smallest absolute Gasteiger partial charge is 0.354 e. The van der Waals surface area contributed by atoms with Crippen LogP contribution in [0.5, 0.6) is 0 Å². The zero-order chi connectivity index (χ0) is 12.1. The first-order chi connectivity index (χ1) is 7.54. The van der Waals surface area contributed by atoms with Crippen molar-refractivity contribution in [1.29, 1.82) is 0 Å². The summed E-state index contributed by atoms with van der Waals surface area (Å²) in [4.78, 5) is 11.4. The largest absolute Gasteiger partial charge is 0.464 e. The second-order valence-corrected chi connectivity index (χ2v) is 4.38. The lowest BCUT2D eigenvalue weighted by molar-refractivity contribution is 0.0588. The molecule has 0 aliphatic carbocycles. The van der Waals surface area contributed by atoms with Gasteiger partial charge in [-0.05, 0) is 24.8 Å². The normalized spacial score (nSPS) is 10.8. The number of anilines is 1. The van der Waals surface area contributed by atoms with Crippen LogP contribution in [0.15, 0.2) is 12.3 Å². The molecule has 4 heteroatoms. The van der Waals surface area contributed by atoms with E-state index < -0.39 is 0 Å². The molecule has 0 aliphatic rings. The van der Waals surface area contributed by atoms with E-state index in [-0.39, 0.29) is 5.97 Å².